The van der Waals surface area contributed by atoms with Crippen molar-refractivity contribution in [2.75, 3.05) is 0 Å². The van der Waals surface area contributed by atoms with E-state index in [0.29, 0.717) is 24.7 Å². The van der Waals surface area contributed by atoms with Crippen LogP contribution < -0.4 is 0 Å². The van der Waals surface area contributed by atoms with Crippen molar-refractivity contribution in [2.24, 2.45) is 0 Å². The summed E-state index contributed by atoms with van der Waals surface area (Å²) in [7, 11) is 0. The van der Waals surface area contributed by atoms with Gasteiger partial charge in [-0.3, -0.25) is 9.48 Å². The average molecular weight is 178 g/mol. The van der Waals surface area contributed by atoms with Crippen LogP contribution in [0.1, 0.15) is 37.6 Å². The summed E-state index contributed by atoms with van der Waals surface area (Å²) in [6.07, 6.45) is 4.09. The van der Waals surface area contributed by atoms with E-state index in [1.165, 1.54) is 0 Å². The Kier molecular flexibility index (Phi) is 1.94. The van der Waals surface area contributed by atoms with Gasteiger partial charge in [0.05, 0.1) is 5.69 Å². The molecule has 1 heterocycles. The van der Waals surface area contributed by atoms with Crippen LogP contribution in [0.4, 0.5) is 0 Å². The molecule has 3 nitrogen and oxygen atoms in total. The number of nitrogens with zero attached hydrogens (tertiary/aromatic N) is 2. The molecule has 2 rings (SSSR count). The minimum Gasteiger partial charge on any atom is -0.299 e. The van der Waals surface area contributed by atoms with Gasteiger partial charge in [0.1, 0.15) is 5.78 Å². The summed E-state index contributed by atoms with van der Waals surface area (Å²) in [6.45, 7) is 4.19. The van der Waals surface area contributed by atoms with Crippen LogP contribution in [-0.4, -0.2) is 15.6 Å². The van der Waals surface area contributed by atoms with Crippen molar-refractivity contribution in [3.05, 3.63) is 17.5 Å². The minimum atomic E-state index is 0.343. The van der Waals surface area contributed by atoms with Crippen molar-refractivity contribution in [2.45, 2.75) is 39.2 Å². The highest BCUT2D eigenvalue weighted by Crippen LogP contribution is 2.19. The Bertz CT molecular complexity index is 339. The average Bonchev–Trinajstić information content (AvgIpc) is 2.46. The summed E-state index contributed by atoms with van der Waals surface area (Å²) in [5.41, 5.74) is 2.25. The molecule has 0 fully saturated rings. The second kappa shape index (κ2) is 2.98. The summed E-state index contributed by atoms with van der Waals surface area (Å²) in [6, 6.07) is 0.390. The van der Waals surface area contributed by atoms with Crippen molar-refractivity contribution in [3.63, 3.8) is 0 Å². The lowest BCUT2D eigenvalue weighted by Crippen LogP contribution is -2.11. The Morgan fingerprint density at radius 1 is 1.46 bits per heavy atom. The van der Waals surface area contributed by atoms with Gasteiger partial charge < -0.3 is 0 Å². The van der Waals surface area contributed by atoms with E-state index in [2.05, 4.69) is 18.9 Å². The molecule has 1 aliphatic rings. The molecule has 0 unspecified atom stereocenters. The molecule has 0 radical (unpaired) electrons. The van der Waals surface area contributed by atoms with E-state index in [4.69, 9.17) is 0 Å². The monoisotopic (exact) mass is 178 g/mol. The molecule has 0 aliphatic heterocycles. The van der Waals surface area contributed by atoms with E-state index in [1.807, 2.05) is 10.9 Å². The second-order valence-corrected chi connectivity index (χ2v) is 3.89. The minimum absolute atomic E-state index is 0.343. The predicted octanol–water partition coefficient (Wildman–Crippen LogP) is 1.52. The summed E-state index contributed by atoms with van der Waals surface area (Å²) >= 11 is 0. The van der Waals surface area contributed by atoms with Crippen LogP contribution in [0.25, 0.3) is 0 Å². The zero-order valence-corrected chi connectivity index (χ0v) is 8.08. The molecule has 0 atom stereocenters. The van der Waals surface area contributed by atoms with Gasteiger partial charge in [-0.25, -0.2) is 0 Å². The Hall–Kier alpha value is -1.12. The molecule has 0 N–H and O–H groups in total. The van der Waals surface area contributed by atoms with E-state index < -0.39 is 0 Å². The van der Waals surface area contributed by atoms with Crippen LogP contribution in [0.2, 0.25) is 0 Å². The van der Waals surface area contributed by atoms with Crippen LogP contribution in [0.15, 0.2) is 6.20 Å². The summed E-state index contributed by atoms with van der Waals surface area (Å²) in [4.78, 5) is 11.2. The Morgan fingerprint density at radius 3 is 2.92 bits per heavy atom. The lowest BCUT2D eigenvalue weighted by molar-refractivity contribution is -0.118. The molecule has 0 amide bonds. The van der Waals surface area contributed by atoms with Gasteiger partial charge in [0.25, 0.3) is 0 Å². The lowest BCUT2D eigenvalue weighted by atomic mass is 9.97. The third-order valence-electron chi connectivity index (χ3n) is 2.45. The first kappa shape index (κ1) is 8.48. The standard InChI is InChI=1S/C10H14N2O/c1-7(2)12-6-8-5-9(13)3-4-10(8)11-12/h6-7H,3-5H2,1-2H3. The van der Waals surface area contributed by atoms with Crippen molar-refractivity contribution in [3.8, 4) is 0 Å². The number of aromatic nitrogens is 2. The molecule has 0 spiro atoms. The number of rotatable bonds is 1. The van der Waals surface area contributed by atoms with Gasteiger partial charge in [0, 0.05) is 30.6 Å². The normalized spacial score (nSPS) is 16.4. The number of hydrogen-bond donors (Lipinski definition) is 0. The van der Waals surface area contributed by atoms with Gasteiger partial charge in [0.15, 0.2) is 0 Å². The van der Waals surface area contributed by atoms with Gasteiger partial charge in [-0.2, -0.15) is 5.10 Å². The predicted molar refractivity (Wildman–Crippen MR) is 49.6 cm³/mol. The summed E-state index contributed by atoms with van der Waals surface area (Å²) < 4.78 is 1.95. The highest BCUT2D eigenvalue weighted by atomic mass is 16.1. The molecule has 13 heavy (non-hydrogen) atoms. The van der Waals surface area contributed by atoms with Crippen molar-refractivity contribution < 1.29 is 4.79 Å². The summed E-state index contributed by atoms with van der Waals surface area (Å²) in [5, 5.41) is 4.45. The lowest BCUT2D eigenvalue weighted by Gasteiger charge is -2.06. The van der Waals surface area contributed by atoms with Gasteiger partial charge in [-0.15, -0.1) is 0 Å². The highest BCUT2D eigenvalue weighted by Gasteiger charge is 2.19. The fraction of sp³-hybridized carbons (Fsp3) is 0.600. The molecular formula is C10H14N2O. The van der Waals surface area contributed by atoms with E-state index >= 15 is 0 Å². The van der Waals surface area contributed by atoms with Crippen LogP contribution >= 0.6 is 0 Å². The van der Waals surface area contributed by atoms with Crippen LogP contribution in [0, 0.1) is 0 Å². The van der Waals surface area contributed by atoms with Crippen LogP contribution in [0.3, 0.4) is 0 Å². The molecule has 1 aromatic heterocycles. The Labute approximate surface area is 77.7 Å². The van der Waals surface area contributed by atoms with Gasteiger partial charge in [0.2, 0.25) is 0 Å². The van der Waals surface area contributed by atoms with Gasteiger partial charge in [-0.05, 0) is 20.3 Å². The molecule has 0 saturated carbocycles. The maximum atomic E-state index is 11.2. The molecule has 0 aromatic carbocycles. The van der Waals surface area contributed by atoms with Crippen LogP contribution in [-0.2, 0) is 17.6 Å². The first-order valence-electron chi connectivity index (χ1n) is 4.75. The van der Waals surface area contributed by atoms with E-state index in [0.717, 1.165) is 17.7 Å². The molecule has 1 aliphatic carbocycles. The Balaban J connectivity index is 2.33. The third-order valence-corrected chi connectivity index (χ3v) is 2.45. The van der Waals surface area contributed by atoms with E-state index in [1.54, 1.807) is 0 Å². The number of carbonyl (C=O) groups excluding carboxylic acids is 1. The van der Waals surface area contributed by atoms with Crippen molar-refractivity contribution >= 4 is 5.78 Å². The molecule has 1 aromatic rings. The zero-order valence-electron chi connectivity index (χ0n) is 8.08. The second-order valence-electron chi connectivity index (χ2n) is 3.89. The highest BCUT2D eigenvalue weighted by molar-refractivity contribution is 5.82. The number of aryl methyl sites for hydroxylation is 1. The van der Waals surface area contributed by atoms with Crippen molar-refractivity contribution in [1.82, 2.24) is 9.78 Å². The smallest absolute Gasteiger partial charge is 0.137 e. The number of hydrogen-bond acceptors (Lipinski definition) is 2. The van der Waals surface area contributed by atoms with Crippen molar-refractivity contribution in [1.29, 1.82) is 0 Å². The molecule has 0 saturated heterocycles. The molecule has 3 heteroatoms. The van der Waals surface area contributed by atoms with Crippen LogP contribution in [0.5, 0.6) is 0 Å². The van der Waals surface area contributed by atoms with E-state index in [-0.39, 0.29) is 0 Å². The number of carbonyl (C=O) groups is 1. The largest absolute Gasteiger partial charge is 0.299 e. The topological polar surface area (TPSA) is 34.9 Å². The zero-order chi connectivity index (χ0) is 9.42. The number of Topliss-reactive ketones (excluding diaryl/α,β-unsaturated/α-hetero) is 1. The Morgan fingerprint density at radius 2 is 2.23 bits per heavy atom. The maximum absolute atomic E-state index is 11.2. The number of fused-ring (bicyclic) bond motifs is 1. The quantitative estimate of drug-likeness (QED) is 0.653. The first-order chi connectivity index (χ1) is 6.16. The molecular weight excluding hydrogens is 164 g/mol. The van der Waals surface area contributed by atoms with E-state index in [9.17, 15) is 4.79 Å². The van der Waals surface area contributed by atoms with Gasteiger partial charge >= 0.3 is 0 Å². The fourth-order valence-electron chi connectivity index (χ4n) is 1.65. The fourth-order valence-corrected chi connectivity index (χ4v) is 1.65. The van der Waals surface area contributed by atoms with Gasteiger partial charge in [-0.1, -0.05) is 0 Å². The molecule has 70 valence electrons. The molecule has 0 bridgehead atoms. The SMILES string of the molecule is CC(C)n1cc2c(n1)CCC(=O)C2. The number of ketones is 1. The summed E-state index contributed by atoms with van der Waals surface area (Å²) in [5.74, 6) is 0.343. The maximum Gasteiger partial charge on any atom is 0.137 e. The first-order valence-corrected chi connectivity index (χ1v) is 4.75. The third kappa shape index (κ3) is 1.50.